The average molecular weight is 826 g/mol. The summed E-state index contributed by atoms with van der Waals surface area (Å²) in [7, 11) is 0. The Balaban J connectivity index is 1.16. The molecule has 8 rings (SSSR count). The molecule has 4 heterocycles. The second-order valence-electron chi connectivity index (χ2n) is 15.5. The SMILES string of the molecule is CCS[C@@H]1O[C@H](COCc2ccccc2)[C@@H](O[C@@H]2O[C@@H]3COC(C)(C)O[C@H]3[C@H](OCc3ccccc3)[C@H]2O)[C@H](OCc2ccccc2)[C@@H]1N1C(=O)c2ccccc2C1=O. The average Bonchev–Trinajstić information content (AvgIpc) is 3.50. The molecule has 0 spiro atoms. The van der Waals surface area contributed by atoms with E-state index >= 15 is 0 Å². The third kappa shape index (κ3) is 9.35. The number of rotatable bonds is 15. The van der Waals surface area contributed by atoms with Crippen LogP contribution in [0.25, 0.3) is 0 Å². The zero-order chi connectivity index (χ0) is 40.9. The first-order chi connectivity index (χ1) is 28.7. The van der Waals surface area contributed by atoms with E-state index in [4.69, 9.17) is 37.9 Å². The molecule has 2 amide bonds. The third-order valence-electron chi connectivity index (χ3n) is 11.0. The van der Waals surface area contributed by atoms with Crippen LogP contribution in [0.2, 0.25) is 0 Å². The molecule has 1 N–H and O–H groups in total. The Labute approximate surface area is 349 Å². The van der Waals surface area contributed by atoms with Gasteiger partial charge in [-0.15, -0.1) is 11.8 Å². The Hall–Kier alpha value is -3.99. The first-order valence-electron chi connectivity index (χ1n) is 20.2. The maximum absolute atomic E-state index is 14.3. The van der Waals surface area contributed by atoms with E-state index in [1.165, 1.54) is 16.7 Å². The number of amides is 2. The van der Waals surface area contributed by atoms with Gasteiger partial charge in [-0.3, -0.25) is 14.5 Å². The Morgan fingerprint density at radius 1 is 0.729 bits per heavy atom. The van der Waals surface area contributed by atoms with Crippen LogP contribution in [-0.2, 0) is 57.7 Å². The number of carbonyl (C=O) groups is 2. The van der Waals surface area contributed by atoms with E-state index in [1.54, 1.807) is 24.3 Å². The molecular weight excluding hydrogens is 775 g/mol. The van der Waals surface area contributed by atoms with Crippen molar-refractivity contribution in [2.45, 2.75) is 107 Å². The summed E-state index contributed by atoms with van der Waals surface area (Å²) in [5.74, 6) is -1.23. The molecule has 59 heavy (non-hydrogen) atoms. The van der Waals surface area contributed by atoms with Crippen LogP contribution < -0.4 is 0 Å². The molecule has 0 saturated carbocycles. The fourth-order valence-corrected chi connectivity index (χ4v) is 9.13. The van der Waals surface area contributed by atoms with Gasteiger partial charge in [0.05, 0.1) is 44.2 Å². The molecule has 312 valence electrons. The van der Waals surface area contributed by atoms with Gasteiger partial charge in [0, 0.05) is 0 Å². The molecule has 4 aromatic carbocycles. The number of thioether (sulfide) groups is 1. The predicted molar refractivity (Wildman–Crippen MR) is 218 cm³/mol. The van der Waals surface area contributed by atoms with E-state index in [-0.39, 0.29) is 26.4 Å². The second-order valence-corrected chi connectivity index (χ2v) is 16.8. The number of carbonyl (C=O) groups excluding carboxylic acids is 2. The highest BCUT2D eigenvalue weighted by atomic mass is 32.2. The molecule has 0 radical (unpaired) electrons. The molecule has 0 aliphatic carbocycles. The summed E-state index contributed by atoms with van der Waals surface area (Å²) in [6.07, 6.45) is -7.71. The summed E-state index contributed by atoms with van der Waals surface area (Å²) < 4.78 is 52.4. The van der Waals surface area contributed by atoms with Crippen molar-refractivity contribution in [1.82, 2.24) is 4.90 Å². The van der Waals surface area contributed by atoms with Gasteiger partial charge >= 0.3 is 0 Å². The monoisotopic (exact) mass is 825 g/mol. The van der Waals surface area contributed by atoms with Crippen molar-refractivity contribution in [3.8, 4) is 0 Å². The van der Waals surface area contributed by atoms with Crippen LogP contribution in [0.4, 0.5) is 0 Å². The van der Waals surface area contributed by atoms with E-state index in [2.05, 4.69) is 0 Å². The number of hydrogen-bond donors (Lipinski definition) is 1. The third-order valence-corrected chi connectivity index (χ3v) is 12.0. The highest BCUT2D eigenvalue weighted by Gasteiger charge is 2.58. The van der Waals surface area contributed by atoms with Gasteiger partial charge in [0.2, 0.25) is 0 Å². The van der Waals surface area contributed by atoms with Gasteiger partial charge in [0.1, 0.15) is 54.2 Å². The van der Waals surface area contributed by atoms with E-state index in [9.17, 15) is 14.7 Å². The highest BCUT2D eigenvalue weighted by molar-refractivity contribution is 7.99. The number of hydrogen-bond acceptors (Lipinski definition) is 12. The molecule has 0 bridgehead atoms. The number of benzene rings is 4. The maximum atomic E-state index is 14.3. The number of ether oxygens (including phenoxy) is 8. The normalized spacial score (nSPS) is 30.2. The van der Waals surface area contributed by atoms with Crippen molar-refractivity contribution in [1.29, 1.82) is 0 Å². The Morgan fingerprint density at radius 2 is 1.27 bits per heavy atom. The minimum Gasteiger partial charge on any atom is -0.385 e. The summed E-state index contributed by atoms with van der Waals surface area (Å²) in [6, 6.07) is 34.9. The molecule has 0 aromatic heterocycles. The summed E-state index contributed by atoms with van der Waals surface area (Å²) in [5.41, 5.74) is 2.65. The summed E-state index contributed by atoms with van der Waals surface area (Å²) in [5, 5.41) is 12.2. The van der Waals surface area contributed by atoms with Gasteiger partial charge in [-0.2, -0.15) is 0 Å². The quantitative estimate of drug-likeness (QED) is 0.138. The fourth-order valence-electron chi connectivity index (χ4n) is 8.11. The molecule has 4 aliphatic rings. The van der Waals surface area contributed by atoms with Gasteiger partial charge in [-0.05, 0) is 48.4 Å². The Kier molecular flexibility index (Phi) is 13.3. The lowest BCUT2D eigenvalue weighted by molar-refractivity contribution is -0.397. The van der Waals surface area contributed by atoms with Crippen LogP contribution >= 0.6 is 11.8 Å². The van der Waals surface area contributed by atoms with Gasteiger partial charge < -0.3 is 43.0 Å². The molecule has 3 saturated heterocycles. The van der Waals surface area contributed by atoms with E-state index in [1.807, 2.05) is 112 Å². The lowest BCUT2D eigenvalue weighted by atomic mass is 9.94. The number of aliphatic hydroxyl groups excluding tert-OH is 1. The standard InChI is InChI=1S/C46H51NO11S/c1-4-59-45-36(47-42(49)32-22-14-15-23-33(32)43(47)50)40(52-25-30-18-10-6-11-19-30)38(34(56-45)27-51-24-29-16-8-5-9-17-29)57-44-37(48)41(53-26-31-20-12-7-13-21-31)39-35(55-44)28-54-46(2,3)58-39/h5-23,34-41,44-45,48H,4,24-28H2,1-3H3/t34-,35-,36+,37-,38-,39-,40-,41-,44+,45+/m1/s1. The molecule has 0 unspecified atom stereocenters. The highest BCUT2D eigenvalue weighted by Crippen LogP contribution is 2.41. The van der Waals surface area contributed by atoms with Gasteiger partial charge in [-0.1, -0.05) is 110 Å². The molecule has 4 aromatic rings. The summed E-state index contributed by atoms with van der Waals surface area (Å²) >= 11 is 1.46. The van der Waals surface area contributed by atoms with Crippen molar-refractivity contribution in [3.05, 3.63) is 143 Å². The number of imide groups is 1. The van der Waals surface area contributed by atoms with Crippen molar-refractivity contribution in [2.75, 3.05) is 19.0 Å². The van der Waals surface area contributed by atoms with Crippen LogP contribution in [0.1, 0.15) is 58.2 Å². The summed E-state index contributed by atoms with van der Waals surface area (Å²) in [4.78, 5) is 29.8. The molecule has 4 aliphatic heterocycles. The van der Waals surface area contributed by atoms with Crippen molar-refractivity contribution in [2.24, 2.45) is 0 Å². The minimum absolute atomic E-state index is 0.0591. The Bertz CT molecular complexity index is 1970. The van der Waals surface area contributed by atoms with Crippen molar-refractivity contribution >= 4 is 23.6 Å². The Morgan fingerprint density at radius 3 is 1.85 bits per heavy atom. The topological polar surface area (TPSA) is 131 Å². The van der Waals surface area contributed by atoms with Crippen LogP contribution in [0.5, 0.6) is 0 Å². The second kappa shape index (κ2) is 18.7. The molecule has 13 heteroatoms. The van der Waals surface area contributed by atoms with Crippen LogP contribution in [0.15, 0.2) is 115 Å². The lowest BCUT2D eigenvalue weighted by Gasteiger charge is -2.52. The van der Waals surface area contributed by atoms with E-state index in [0.29, 0.717) is 23.5 Å². The van der Waals surface area contributed by atoms with E-state index < -0.39 is 78.1 Å². The van der Waals surface area contributed by atoms with Gasteiger partial charge in [0.25, 0.3) is 11.8 Å². The summed E-state index contributed by atoms with van der Waals surface area (Å²) in [6.45, 7) is 6.45. The van der Waals surface area contributed by atoms with Crippen LogP contribution in [0, 0.1) is 0 Å². The first kappa shape index (κ1) is 41.7. The van der Waals surface area contributed by atoms with E-state index in [0.717, 1.165) is 16.7 Å². The van der Waals surface area contributed by atoms with Gasteiger partial charge in [-0.25, -0.2) is 0 Å². The van der Waals surface area contributed by atoms with Gasteiger partial charge in [0.15, 0.2) is 12.1 Å². The minimum atomic E-state index is -1.35. The van der Waals surface area contributed by atoms with Crippen LogP contribution in [0.3, 0.4) is 0 Å². The zero-order valence-corrected chi connectivity index (χ0v) is 34.2. The molecule has 10 atom stereocenters. The zero-order valence-electron chi connectivity index (χ0n) is 33.4. The number of fused-ring (bicyclic) bond motifs is 2. The molecular formula is C46H51NO11S. The van der Waals surface area contributed by atoms with Crippen LogP contribution in [-0.4, -0.2) is 107 Å². The fraction of sp³-hybridized carbons (Fsp3) is 0.435. The largest absolute Gasteiger partial charge is 0.385 e. The predicted octanol–water partition coefficient (Wildman–Crippen LogP) is 6.14. The lowest BCUT2D eigenvalue weighted by Crippen LogP contribution is -2.69. The number of aliphatic hydroxyl groups is 1. The molecule has 12 nitrogen and oxygen atoms in total. The van der Waals surface area contributed by atoms with Crippen molar-refractivity contribution < 1.29 is 52.6 Å². The first-order valence-corrected chi connectivity index (χ1v) is 21.2. The van der Waals surface area contributed by atoms with Crippen molar-refractivity contribution in [3.63, 3.8) is 0 Å². The molecule has 3 fully saturated rings. The number of nitrogens with zero attached hydrogens (tertiary/aromatic N) is 1. The maximum Gasteiger partial charge on any atom is 0.262 e. The smallest absolute Gasteiger partial charge is 0.262 e.